The van der Waals surface area contributed by atoms with Gasteiger partial charge in [0, 0.05) is 82.1 Å². The van der Waals surface area contributed by atoms with Crippen LogP contribution in [0, 0.1) is 5.41 Å². The summed E-state index contributed by atoms with van der Waals surface area (Å²) in [4.78, 5) is 13.8. The number of aliphatic imine (C=N–C) groups is 1. The van der Waals surface area contributed by atoms with Crippen molar-refractivity contribution in [2.75, 3.05) is 34.7 Å². The summed E-state index contributed by atoms with van der Waals surface area (Å²) >= 11 is 0. The number of nitrogens with zero attached hydrogens (tertiary/aromatic N) is 5. The second kappa shape index (κ2) is 10.4. The van der Waals surface area contributed by atoms with Crippen LogP contribution in [0.3, 0.4) is 0 Å². The highest BCUT2D eigenvalue weighted by Gasteiger charge is 2.39. The molecule has 2 aliphatic heterocycles. The molecule has 0 aromatic heterocycles. The third kappa shape index (κ3) is 6.04. The first-order chi connectivity index (χ1) is 15.2. The molecule has 2 aliphatic rings. The van der Waals surface area contributed by atoms with Crippen LogP contribution in [0.1, 0.15) is 73.1 Å². The maximum atomic E-state index is 9.00. The van der Waals surface area contributed by atoms with E-state index in [4.69, 9.17) is 10.4 Å². The van der Waals surface area contributed by atoms with Crippen LogP contribution >= 0.6 is 0 Å². The van der Waals surface area contributed by atoms with Gasteiger partial charge in [-0.05, 0) is 47.0 Å². The van der Waals surface area contributed by atoms with Crippen molar-refractivity contribution >= 4 is 11.9 Å². The number of nitrogens with one attached hydrogen (secondary N) is 2. The second-order valence-electron chi connectivity index (χ2n) is 11.2. The van der Waals surface area contributed by atoms with Crippen molar-refractivity contribution in [3.05, 3.63) is 24.6 Å². The van der Waals surface area contributed by atoms with E-state index in [-0.39, 0.29) is 23.2 Å². The van der Waals surface area contributed by atoms with Crippen LogP contribution in [0.15, 0.2) is 29.5 Å². The SMILES string of the molecule is C=C1CC(N(CCCC)C(=N)/N=C(\NC)N(C)C2CC(=C)N(C)C(C)(C)C2)CC(C)(C)N1C. The minimum absolute atomic E-state index is 0.0111. The number of piperidine rings is 2. The average molecular weight is 460 g/mol. The fourth-order valence-corrected chi connectivity index (χ4v) is 5.18. The standard InChI is InChI=1S/C26H49N7/c1-12-13-14-33(22-16-20(3)32(11)26(6,7)18-22)23(27)29-24(28-8)30(9)21-15-19(2)31(10)25(4,5)17-21/h21-22H,2-3,12-18H2,1,4-11H3,(H2,27,28,29). The van der Waals surface area contributed by atoms with Gasteiger partial charge in [0.1, 0.15) is 0 Å². The van der Waals surface area contributed by atoms with E-state index in [1.165, 1.54) is 0 Å². The van der Waals surface area contributed by atoms with E-state index in [0.29, 0.717) is 5.96 Å². The highest BCUT2D eigenvalue weighted by atomic mass is 15.4. The van der Waals surface area contributed by atoms with Gasteiger partial charge in [-0.15, -0.1) is 0 Å². The quantitative estimate of drug-likeness (QED) is 0.474. The fourth-order valence-electron chi connectivity index (χ4n) is 5.18. The van der Waals surface area contributed by atoms with Crippen LogP contribution in [-0.4, -0.2) is 89.4 Å². The first kappa shape index (κ1) is 27.1. The molecule has 0 spiro atoms. The predicted molar refractivity (Wildman–Crippen MR) is 142 cm³/mol. The summed E-state index contributed by atoms with van der Waals surface area (Å²) in [6.45, 7) is 20.7. The van der Waals surface area contributed by atoms with Gasteiger partial charge in [0.15, 0.2) is 0 Å². The van der Waals surface area contributed by atoms with Gasteiger partial charge in [0.2, 0.25) is 11.9 Å². The molecule has 7 nitrogen and oxygen atoms in total. The number of rotatable bonds is 5. The third-order valence-electron chi connectivity index (χ3n) is 7.96. The molecule has 2 unspecified atom stereocenters. The molecule has 2 fully saturated rings. The van der Waals surface area contributed by atoms with Gasteiger partial charge in [-0.25, -0.2) is 0 Å². The topological polar surface area (TPSA) is 61.2 Å². The highest BCUT2D eigenvalue weighted by Crippen LogP contribution is 2.35. The van der Waals surface area contributed by atoms with Gasteiger partial charge in [-0.3, -0.25) is 5.41 Å². The third-order valence-corrected chi connectivity index (χ3v) is 7.96. The van der Waals surface area contributed by atoms with Crippen molar-refractivity contribution in [1.29, 1.82) is 5.41 Å². The molecule has 7 heteroatoms. The van der Waals surface area contributed by atoms with E-state index in [9.17, 15) is 0 Å². The maximum Gasteiger partial charge on any atom is 0.221 e. The minimum atomic E-state index is 0.0111. The lowest BCUT2D eigenvalue weighted by Crippen LogP contribution is -2.55. The molecule has 2 rings (SSSR count). The van der Waals surface area contributed by atoms with Gasteiger partial charge in [-0.1, -0.05) is 26.5 Å². The van der Waals surface area contributed by atoms with Crippen molar-refractivity contribution in [2.24, 2.45) is 4.99 Å². The van der Waals surface area contributed by atoms with Crippen LogP contribution < -0.4 is 5.32 Å². The van der Waals surface area contributed by atoms with Gasteiger partial charge in [-0.2, -0.15) is 4.99 Å². The van der Waals surface area contributed by atoms with E-state index < -0.39 is 0 Å². The Morgan fingerprint density at radius 3 is 2.00 bits per heavy atom. The Bertz CT molecular complexity index is 767. The number of hydrogen-bond donors (Lipinski definition) is 2. The van der Waals surface area contributed by atoms with Gasteiger partial charge in [0.05, 0.1) is 0 Å². The number of guanidine groups is 2. The Hall–Kier alpha value is -2.18. The largest absolute Gasteiger partial charge is 0.373 e. The van der Waals surface area contributed by atoms with Crippen LogP contribution in [0.2, 0.25) is 0 Å². The lowest BCUT2D eigenvalue weighted by atomic mass is 9.85. The first-order valence-corrected chi connectivity index (χ1v) is 12.4. The first-order valence-electron chi connectivity index (χ1n) is 12.4. The van der Waals surface area contributed by atoms with Crippen molar-refractivity contribution in [3.63, 3.8) is 0 Å². The van der Waals surface area contributed by atoms with E-state index in [2.05, 4.69) is 93.8 Å². The molecule has 33 heavy (non-hydrogen) atoms. The highest BCUT2D eigenvalue weighted by molar-refractivity contribution is 5.93. The molecule has 0 aromatic carbocycles. The molecule has 0 saturated carbocycles. The molecule has 0 aliphatic carbocycles. The summed E-state index contributed by atoms with van der Waals surface area (Å²) < 4.78 is 0. The average Bonchev–Trinajstić information content (AvgIpc) is 2.73. The summed E-state index contributed by atoms with van der Waals surface area (Å²) in [7, 11) is 8.24. The Kier molecular flexibility index (Phi) is 8.52. The summed E-state index contributed by atoms with van der Waals surface area (Å²) in [5.74, 6) is 1.08. The molecule has 0 aromatic rings. The van der Waals surface area contributed by atoms with Gasteiger partial charge >= 0.3 is 0 Å². The Balaban J connectivity index is 2.26. The maximum absolute atomic E-state index is 9.00. The lowest BCUT2D eigenvalue weighted by molar-refractivity contribution is 0.0956. The molecular formula is C26H49N7. The molecule has 2 saturated heterocycles. The van der Waals surface area contributed by atoms with Gasteiger partial charge in [0.25, 0.3) is 0 Å². The van der Waals surface area contributed by atoms with Crippen molar-refractivity contribution in [1.82, 2.24) is 24.9 Å². The molecule has 0 radical (unpaired) electrons. The summed E-state index contributed by atoms with van der Waals surface area (Å²) in [6, 6.07) is 0.519. The Morgan fingerprint density at radius 2 is 1.55 bits per heavy atom. The Morgan fingerprint density at radius 1 is 1.06 bits per heavy atom. The van der Waals surface area contributed by atoms with Crippen molar-refractivity contribution < 1.29 is 0 Å². The number of unbranched alkanes of at least 4 members (excludes halogenated alkanes) is 1. The molecule has 2 atom stereocenters. The van der Waals surface area contributed by atoms with Crippen LogP contribution in [0.5, 0.6) is 0 Å². The van der Waals surface area contributed by atoms with E-state index in [1.807, 2.05) is 7.05 Å². The molecular weight excluding hydrogens is 410 g/mol. The monoisotopic (exact) mass is 459 g/mol. The van der Waals surface area contributed by atoms with Crippen LogP contribution in [0.4, 0.5) is 0 Å². The molecule has 0 bridgehead atoms. The zero-order valence-electron chi connectivity index (χ0n) is 22.8. The second-order valence-corrected chi connectivity index (χ2v) is 11.2. The Labute approximate surface area is 203 Å². The summed E-state index contributed by atoms with van der Waals surface area (Å²) in [5, 5.41) is 12.3. The summed E-state index contributed by atoms with van der Waals surface area (Å²) in [5.41, 5.74) is 2.32. The molecule has 2 heterocycles. The number of likely N-dealkylation sites (tertiary alicyclic amines) is 2. The zero-order valence-corrected chi connectivity index (χ0v) is 22.8. The van der Waals surface area contributed by atoms with Crippen molar-refractivity contribution in [3.8, 4) is 0 Å². The van der Waals surface area contributed by atoms with E-state index >= 15 is 0 Å². The van der Waals surface area contributed by atoms with Crippen LogP contribution in [-0.2, 0) is 0 Å². The van der Waals surface area contributed by atoms with Crippen LogP contribution in [0.25, 0.3) is 0 Å². The molecule has 0 amide bonds. The zero-order chi connectivity index (χ0) is 25.1. The van der Waals surface area contributed by atoms with Gasteiger partial charge < -0.3 is 24.9 Å². The van der Waals surface area contributed by atoms with Crippen molar-refractivity contribution in [2.45, 2.75) is 96.3 Å². The molecule has 188 valence electrons. The van der Waals surface area contributed by atoms with E-state index in [1.54, 1.807) is 0 Å². The lowest BCUT2D eigenvalue weighted by Gasteiger charge is -2.49. The normalized spacial score (nSPS) is 25.2. The van der Waals surface area contributed by atoms with E-state index in [0.717, 1.165) is 62.4 Å². The summed E-state index contributed by atoms with van der Waals surface area (Å²) in [6.07, 6.45) is 5.90. The fraction of sp³-hybridized carbons (Fsp3) is 0.769. The minimum Gasteiger partial charge on any atom is -0.373 e. The molecule has 2 N–H and O–H groups in total. The number of hydrogen-bond acceptors (Lipinski definition) is 3. The smallest absolute Gasteiger partial charge is 0.221 e. The predicted octanol–water partition coefficient (Wildman–Crippen LogP) is 4.30.